The van der Waals surface area contributed by atoms with Gasteiger partial charge in [-0.1, -0.05) is 30.3 Å². The quantitative estimate of drug-likeness (QED) is 0.786. The van der Waals surface area contributed by atoms with Crippen molar-refractivity contribution >= 4 is 12.0 Å². The van der Waals surface area contributed by atoms with Crippen LogP contribution in [0, 0.1) is 0 Å². The van der Waals surface area contributed by atoms with Crippen LogP contribution in [0.3, 0.4) is 0 Å². The number of benzene rings is 1. The number of amides is 1. The van der Waals surface area contributed by atoms with E-state index in [1.165, 1.54) is 11.6 Å². The van der Waals surface area contributed by atoms with Gasteiger partial charge in [-0.15, -0.1) is 0 Å². The van der Waals surface area contributed by atoms with Crippen molar-refractivity contribution in [1.82, 2.24) is 15.1 Å². The Labute approximate surface area is 148 Å². The summed E-state index contributed by atoms with van der Waals surface area (Å²) in [5.74, 6) is 0.601. The molecule has 0 unspecified atom stereocenters. The van der Waals surface area contributed by atoms with Gasteiger partial charge in [-0.2, -0.15) is 0 Å². The summed E-state index contributed by atoms with van der Waals surface area (Å²) in [7, 11) is 0. The molecule has 25 heavy (non-hydrogen) atoms. The Bertz CT molecular complexity index is 660. The second-order valence-corrected chi connectivity index (χ2v) is 6.24. The molecule has 1 saturated heterocycles. The summed E-state index contributed by atoms with van der Waals surface area (Å²) in [6.07, 6.45) is 4.78. The molecule has 0 aliphatic carbocycles. The van der Waals surface area contributed by atoms with Gasteiger partial charge in [0.25, 0.3) is 0 Å². The lowest BCUT2D eigenvalue weighted by molar-refractivity contribution is -0.116. The largest absolute Gasteiger partial charge is 0.465 e. The summed E-state index contributed by atoms with van der Waals surface area (Å²) in [6.45, 7) is 6.81. The molecule has 2 heterocycles. The first kappa shape index (κ1) is 17.5. The van der Waals surface area contributed by atoms with Crippen molar-refractivity contribution in [1.29, 1.82) is 0 Å². The number of nitrogens with one attached hydrogen (secondary N) is 1. The fourth-order valence-corrected chi connectivity index (χ4v) is 2.95. The summed E-state index contributed by atoms with van der Waals surface area (Å²) < 4.78 is 5.16. The minimum atomic E-state index is -0.0842. The summed E-state index contributed by atoms with van der Waals surface area (Å²) in [5, 5.41) is 2.92. The molecule has 3 rings (SSSR count). The fourth-order valence-electron chi connectivity index (χ4n) is 2.95. The van der Waals surface area contributed by atoms with Crippen molar-refractivity contribution in [3.8, 4) is 0 Å². The van der Waals surface area contributed by atoms with Crippen LogP contribution in [0.1, 0.15) is 11.3 Å². The Morgan fingerprint density at radius 2 is 1.80 bits per heavy atom. The standard InChI is InChI=1S/C20H25N3O2/c24-20(9-8-19-7-4-16-25-19)21-10-11-22-12-14-23(15-13-22)17-18-5-2-1-3-6-18/h1-9,16H,10-15,17H2,(H,21,24)/b9-8+. The highest BCUT2D eigenvalue weighted by Gasteiger charge is 2.16. The maximum Gasteiger partial charge on any atom is 0.244 e. The normalized spacial score (nSPS) is 16.3. The van der Waals surface area contributed by atoms with Gasteiger partial charge in [0.1, 0.15) is 5.76 Å². The van der Waals surface area contributed by atoms with Crippen molar-refractivity contribution in [2.24, 2.45) is 0 Å². The van der Waals surface area contributed by atoms with Crippen LogP contribution in [0.4, 0.5) is 0 Å². The number of hydrogen-bond acceptors (Lipinski definition) is 4. The van der Waals surface area contributed by atoms with Crippen LogP contribution in [0.5, 0.6) is 0 Å². The maximum absolute atomic E-state index is 11.8. The molecule has 1 amide bonds. The van der Waals surface area contributed by atoms with Crippen molar-refractivity contribution in [2.75, 3.05) is 39.3 Å². The minimum absolute atomic E-state index is 0.0842. The third kappa shape index (κ3) is 5.89. The molecule has 0 atom stereocenters. The van der Waals surface area contributed by atoms with Gasteiger partial charge in [0, 0.05) is 51.9 Å². The van der Waals surface area contributed by atoms with E-state index in [1.807, 2.05) is 6.07 Å². The number of piperazine rings is 1. The summed E-state index contributed by atoms with van der Waals surface area (Å²) in [5.41, 5.74) is 1.37. The van der Waals surface area contributed by atoms with Crippen LogP contribution in [0.15, 0.2) is 59.2 Å². The van der Waals surface area contributed by atoms with Gasteiger partial charge in [-0.3, -0.25) is 14.6 Å². The Kier molecular flexibility index (Phi) is 6.42. The maximum atomic E-state index is 11.8. The average Bonchev–Trinajstić information content (AvgIpc) is 3.16. The molecule has 1 aliphatic heterocycles. The van der Waals surface area contributed by atoms with Crippen LogP contribution >= 0.6 is 0 Å². The second-order valence-electron chi connectivity index (χ2n) is 6.24. The lowest BCUT2D eigenvalue weighted by Crippen LogP contribution is -2.47. The van der Waals surface area contributed by atoms with Crippen LogP contribution in [-0.4, -0.2) is 55.0 Å². The number of nitrogens with zero attached hydrogens (tertiary/aromatic N) is 2. The lowest BCUT2D eigenvalue weighted by atomic mass is 10.2. The predicted molar refractivity (Wildman–Crippen MR) is 98.9 cm³/mol. The predicted octanol–water partition coefficient (Wildman–Crippen LogP) is 2.23. The van der Waals surface area contributed by atoms with Crippen molar-refractivity contribution in [2.45, 2.75) is 6.54 Å². The number of rotatable bonds is 7. The topological polar surface area (TPSA) is 48.7 Å². The van der Waals surface area contributed by atoms with E-state index in [0.29, 0.717) is 12.3 Å². The number of hydrogen-bond donors (Lipinski definition) is 1. The molecule has 2 aromatic rings. The molecule has 5 heteroatoms. The first-order valence-corrected chi connectivity index (χ1v) is 8.78. The molecular formula is C20H25N3O2. The number of furan rings is 1. The van der Waals surface area contributed by atoms with Gasteiger partial charge in [0.05, 0.1) is 6.26 Å². The second kappa shape index (κ2) is 9.20. The summed E-state index contributed by atoms with van der Waals surface area (Å²) in [4.78, 5) is 16.7. The molecule has 1 N–H and O–H groups in total. The summed E-state index contributed by atoms with van der Waals surface area (Å²) >= 11 is 0. The molecule has 1 aliphatic rings. The molecule has 132 valence electrons. The first-order chi connectivity index (χ1) is 12.3. The van der Waals surface area contributed by atoms with Gasteiger partial charge >= 0.3 is 0 Å². The van der Waals surface area contributed by atoms with Gasteiger partial charge in [-0.05, 0) is 23.8 Å². The van der Waals surface area contributed by atoms with E-state index in [0.717, 1.165) is 39.3 Å². The molecule has 1 aromatic carbocycles. The molecule has 0 spiro atoms. The Morgan fingerprint density at radius 3 is 2.52 bits per heavy atom. The highest BCUT2D eigenvalue weighted by Crippen LogP contribution is 2.08. The Morgan fingerprint density at radius 1 is 1.04 bits per heavy atom. The van der Waals surface area contributed by atoms with E-state index in [4.69, 9.17) is 4.42 Å². The zero-order valence-electron chi connectivity index (χ0n) is 14.4. The van der Waals surface area contributed by atoms with Crippen LogP contribution in [-0.2, 0) is 11.3 Å². The zero-order valence-corrected chi connectivity index (χ0v) is 14.4. The summed E-state index contributed by atoms with van der Waals surface area (Å²) in [6, 6.07) is 14.2. The first-order valence-electron chi connectivity index (χ1n) is 8.78. The van der Waals surface area contributed by atoms with E-state index in [9.17, 15) is 4.79 Å². The van der Waals surface area contributed by atoms with Gasteiger partial charge in [0.2, 0.25) is 5.91 Å². The highest BCUT2D eigenvalue weighted by atomic mass is 16.3. The average molecular weight is 339 g/mol. The van der Waals surface area contributed by atoms with Crippen LogP contribution < -0.4 is 5.32 Å². The van der Waals surface area contributed by atoms with Crippen molar-refractivity contribution in [3.05, 3.63) is 66.1 Å². The van der Waals surface area contributed by atoms with Crippen molar-refractivity contribution < 1.29 is 9.21 Å². The zero-order chi connectivity index (χ0) is 17.3. The van der Waals surface area contributed by atoms with E-state index in [2.05, 4.69) is 45.4 Å². The van der Waals surface area contributed by atoms with E-state index in [-0.39, 0.29) is 5.91 Å². The Balaban J connectivity index is 1.31. The third-order valence-electron chi connectivity index (χ3n) is 4.38. The van der Waals surface area contributed by atoms with E-state index >= 15 is 0 Å². The van der Waals surface area contributed by atoms with Gasteiger partial charge in [0.15, 0.2) is 0 Å². The van der Waals surface area contributed by atoms with Crippen molar-refractivity contribution in [3.63, 3.8) is 0 Å². The van der Waals surface area contributed by atoms with E-state index in [1.54, 1.807) is 18.4 Å². The van der Waals surface area contributed by atoms with E-state index < -0.39 is 0 Å². The number of carbonyl (C=O) groups excluding carboxylic acids is 1. The molecule has 1 fully saturated rings. The fraction of sp³-hybridized carbons (Fsp3) is 0.350. The smallest absolute Gasteiger partial charge is 0.244 e. The van der Waals surface area contributed by atoms with Crippen LogP contribution in [0.25, 0.3) is 6.08 Å². The molecule has 0 radical (unpaired) electrons. The third-order valence-corrected chi connectivity index (χ3v) is 4.38. The van der Waals surface area contributed by atoms with Crippen LogP contribution in [0.2, 0.25) is 0 Å². The lowest BCUT2D eigenvalue weighted by Gasteiger charge is -2.34. The molecule has 5 nitrogen and oxygen atoms in total. The monoisotopic (exact) mass is 339 g/mol. The number of carbonyl (C=O) groups is 1. The molecule has 0 bridgehead atoms. The molecule has 0 saturated carbocycles. The van der Waals surface area contributed by atoms with Gasteiger partial charge < -0.3 is 9.73 Å². The Hall–Kier alpha value is -2.37. The highest BCUT2D eigenvalue weighted by molar-refractivity contribution is 5.91. The molecular weight excluding hydrogens is 314 g/mol. The molecule has 1 aromatic heterocycles. The van der Waals surface area contributed by atoms with Gasteiger partial charge in [-0.25, -0.2) is 0 Å². The SMILES string of the molecule is O=C(/C=C/c1ccco1)NCCN1CCN(Cc2ccccc2)CC1. The minimum Gasteiger partial charge on any atom is -0.465 e.